The summed E-state index contributed by atoms with van der Waals surface area (Å²) in [5.41, 5.74) is -1.97. The molecular weight excluding hydrogens is 317 g/mol. The Morgan fingerprint density at radius 3 is 2.13 bits per heavy atom. The van der Waals surface area contributed by atoms with Gasteiger partial charge in [-0.05, 0) is 32.9 Å². The van der Waals surface area contributed by atoms with E-state index in [2.05, 4.69) is 5.32 Å². The minimum atomic E-state index is -4.52. The highest BCUT2D eigenvalue weighted by Crippen LogP contribution is 2.29. The maximum absolute atomic E-state index is 12.5. The van der Waals surface area contributed by atoms with Crippen LogP contribution < -0.4 is 5.32 Å². The molecule has 0 bridgehead atoms. The third-order valence-corrected chi connectivity index (χ3v) is 2.39. The van der Waals surface area contributed by atoms with Crippen molar-refractivity contribution < 1.29 is 27.6 Å². The molecule has 126 valence electrons. The van der Waals surface area contributed by atoms with E-state index in [1.807, 2.05) is 0 Å². The predicted octanol–water partition coefficient (Wildman–Crippen LogP) is 3.81. The van der Waals surface area contributed by atoms with Gasteiger partial charge < -0.3 is 4.74 Å². The minimum absolute atomic E-state index is 0.0422. The van der Waals surface area contributed by atoms with E-state index in [9.17, 15) is 28.1 Å². The fourth-order valence-electron chi connectivity index (χ4n) is 1.54. The molecule has 0 aliphatic heterocycles. The number of nitrogens with one attached hydrogen (secondary N) is 1. The van der Waals surface area contributed by atoms with Crippen LogP contribution in [0.15, 0.2) is 30.5 Å². The molecule has 23 heavy (non-hydrogen) atoms. The topological polar surface area (TPSA) is 81.5 Å². The molecule has 0 aromatic heterocycles. The molecule has 0 aliphatic carbocycles. The molecule has 1 rings (SSSR count). The summed E-state index contributed by atoms with van der Waals surface area (Å²) in [6.07, 6.45) is -5.00. The van der Waals surface area contributed by atoms with Gasteiger partial charge in [-0.2, -0.15) is 13.2 Å². The van der Waals surface area contributed by atoms with E-state index in [0.29, 0.717) is 6.20 Å². The van der Waals surface area contributed by atoms with Crippen molar-refractivity contribution in [1.82, 2.24) is 5.32 Å². The van der Waals surface area contributed by atoms with Crippen molar-refractivity contribution in [3.05, 3.63) is 51.7 Å². The van der Waals surface area contributed by atoms with Crippen LogP contribution in [0.5, 0.6) is 0 Å². The number of nitrogens with zero attached hydrogens (tertiary/aromatic N) is 1. The van der Waals surface area contributed by atoms with Gasteiger partial charge in [-0.15, -0.1) is 0 Å². The highest BCUT2D eigenvalue weighted by Gasteiger charge is 2.30. The Hall–Kier alpha value is -2.58. The van der Waals surface area contributed by atoms with Crippen LogP contribution in [0.1, 0.15) is 31.9 Å². The van der Waals surface area contributed by atoms with Gasteiger partial charge in [-0.1, -0.05) is 12.1 Å². The van der Waals surface area contributed by atoms with Crippen LogP contribution >= 0.6 is 0 Å². The van der Waals surface area contributed by atoms with Crippen molar-refractivity contribution >= 4 is 11.8 Å². The molecule has 9 heteroatoms. The molecule has 0 radical (unpaired) electrons. The van der Waals surface area contributed by atoms with Gasteiger partial charge in [0.05, 0.1) is 10.5 Å². The lowest BCUT2D eigenvalue weighted by atomic mass is 10.1. The molecule has 1 aromatic rings. The highest BCUT2D eigenvalue weighted by atomic mass is 19.4. The summed E-state index contributed by atoms with van der Waals surface area (Å²) < 4.78 is 42.5. The van der Waals surface area contributed by atoms with Crippen molar-refractivity contribution in [2.75, 3.05) is 0 Å². The molecule has 0 fully saturated rings. The number of nitro groups is 1. The third-order valence-electron chi connectivity index (χ3n) is 2.39. The van der Waals surface area contributed by atoms with Crippen LogP contribution in [0.3, 0.4) is 0 Å². The van der Waals surface area contributed by atoms with Crippen LogP contribution in [0.2, 0.25) is 0 Å². The molecule has 0 saturated heterocycles. The monoisotopic (exact) mass is 332 g/mol. The van der Waals surface area contributed by atoms with Gasteiger partial charge in [-0.3, -0.25) is 15.4 Å². The summed E-state index contributed by atoms with van der Waals surface area (Å²) in [4.78, 5) is 21.5. The van der Waals surface area contributed by atoms with Gasteiger partial charge >= 0.3 is 12.3 Å². The Balaban J connectivity index is 3.04. The number of amides is 1. The second-order valence-corrected chi connectivity index (χ2v) is 5.53. The number of rotatable bonds is 3. The standard InChI is InChI=1S/C14H15F3N2O4/c1-13(2,3)23-12(20)18-11(8-19(21)22)9-4-6-10(7-5-9)14(15,16)17/h4-8H,1-3H3,(H,18,20)/b11-8-. The predicted molar refractivity (Wildman–Crippen MR) is 75.8 cm³/mol. The molecule has 0 heterocycles. The summed E-state index contributed by atoms with van der Waals surface area (Å²) in [6.45, 7) is 4.80. The zero-order valence-electron chi connectivity index (χ0n) is 12.6. The van der Waals surface area contributed by atoms with Gasteiger partial charge in [-0.25, -0.2) is 4.79 Å². The van der Waals surface area contributed by atoms with Crippen molar-refractivity contribution in [3.8, 4) is 0 Å². The van der Waals surface area contributed by atoms with Crippen molar-refractivity contribution in [2.45, 2.75) is 32.5 Å². The maximum Gasteiger partial charge on any atom is 0.416 e. The number of carbonyl (C=O) groups excluding carboxylic acids is 1. The molecule has 0 atom stereocenters. The Labute approximate surface area is 130 Å². The van der Waals surface area contributed by atoms with E-state index < -0.39 is 28.4 Å². The normalized spacial score (nSPS) is 12.7. The number of halogens is 3. The smallest absolute Gasteiger partial charge is 0.416 e. The Kier molecular flexibility index (Phi) is 5.36. The molecule has 0 aliphatic rings. The zero-order chi connectivity index (χ0) is 17.8. The number of hydrogen-bond acceptors (Lipinski definition) is 4. The van der Waals surface area contributed by atoms with Crippen molar-refractivity contribution in [1.29, 1.82) is 0 Å². The third kappa shape index (κ3) is 6.37. The van der Waals surface area contributed by atoms with Crippen LogP contribution in [0.4, 0.5) is 18.0 Å². The quantitative estimate of drug-likeness (QED) is 0.674. The molecule has 1 N–H and O–H groups in total. The molecule has 6 nitrogen and oxygen atoms in total. The van der Waals surface area contributed by atoms with Crippen LogP contribution in [-0.2, 0) is 10.9 Å². The van der Waals surface area contributed by atoms with Crippen LogP contribution in [0.25, 0.3) is 5.70 Å². The first-order chi connectivity index (χ1) is 10.4. The first kappa shape index (κ1) is 18.5. The largest absolute Gasteiger partial charge is 0.444 e. The van der Waals surface area contributed by atoms with E-state index in [1.54, 1.807) is 20.8 Å². The average molecular weight is 332 g/mol. The number of alkyl halides is 3. The van der Waals surface area contributed by atoms with Gasteiger partial charge in [0.2, 0.25) is 0 Å². The van der Waals surface area contributed by atoms with Crippen LogP contribution in [-0.4, -0.2) is 16.6 Å². The maximum atomic E-state index is 12.5. The molecular formula is C14H15F3N2O4. The molecule has 0 unspecified atom stereocenters. The summed E-state index contributed by atoms with van der Waals surface area (Å²) in [7, 11) is 0. The summed E-state index contributed by atoms with van der Waals surface area (Å²) >= 11 is 0. The summed E-state index contributed by atoms with van der Waals surface area (Å²) in [6, 6.07) is 3.57. The van der Waals surface area contributed by atoms with E-state index >= 15 is 0 Å². The van der Waals surface area contributed by atoms with E-state index in [-0.39, 0.29) is 11.3 Å². The molecule has 1 aromatic carbocycles. The molecule has 0 saturated carbocycles. The Morgan fingerprint density at radius 1 is 1.22 bits per heavy atom. The van der Waals surface area contributed by atoms with Crippen molar-refractivity contribution in [2.24, 2.45) is 0 Å². The fraction of sp³-hybridized carbons (Fsp3) is 0.357. The lowest BCUT2D eigenvalue weighted by molar-refractivity contribution is -0.401. The first-order valence-corrected chi connectivity index (χ1v) is 6.41. The van der Waals surface area contributed by atoms with E-state index in [4.69, 9.17) is 4.74 Å². The van der Waals surface area contributed by atoms with Gasteiger partial charge in [0.1, 0.15) is 11.3 Å². The molecule has 1 amide bonds. The number of hydrogen-bond donors (Lipinski definition) is 1. The summed E-state index contributed by atoms with van der Waals surface area (Å²) in [5.74, 6) is 0. The van der Waals surface area contributed by atoms with Crippen LogP contribution in [0, 0.1) is 10.1 Å². The van der Waals surface area contributed by atoms with Gasteiger partial charge in [0.25, 0.3) is 6.20 Å². The minimum Gasteiger partial charge on any atom is -0.444 e. The second-order valence-electron chi connectivity index (χ2n) is 5.53. The van der Waals surface area contributed by atoms with E-state index in [0.717, 1.165) is 24.3 Å². The summed E-state index contributed by atoms with van der Waals surface area (Å²) in [5, 5.41) is 12.8. The van der Waals surface area contributed by atoms with Gasteiger partial charge in [0, 0.05) is 5.56 Å². The fourth-order valence-corrected chi connectivity index (χ4v) is 1.54. The number of benzene rings is 1. The average Bonchev–Trinajstić information content (AvgIpc) is 2.34. The van der Waals surface area contributed by atoms with Gasteiger partial charge in [0.15, 0.2) is 0 Å². The number of alkyl carbamates (subject to hydrolysis) is 1. The lowest BCUT2D eigenvalue weighted by Gasteiger charge is -2.20. The van der Waals surface area contributed by atoms with E-state index in [1.165, 1.54) is 0 Å². The second kappa shape index (κ2) is 6.67. The first-order valence-electron chi connectivity index (χ1n) is 6.41. The Morgan fingerprint density at radius 2 is 1.74 bits per heavy atom. The zero-order valence-corrected chi connectivity index (χ0v) is 12.6. The number of carbonyl (C=O) groups is 1. The molecule has 0 spiro atoms. The SMILES string of the molecule is CC(C)(C)OC(=O)N/C(=C\[N+](=O)[O-])c1ccc(C(F)(F)F)cc1. The Bertz CT molecular complexity index is 616. The lowest BCUT2D eigenvalue weighted by Crippen LogP contribution is -2.31. The highest BCUT2D eigenvalue weighted by molar-refractivity contribution is 5.81. The van der Waals surface area contributed by atoms with Crippen molar-refractivity contribution in [3.63, 3.8) is 0 Å². The number of ether oxygens (including phenoxy) is 1.